The van der Waals surface area contributed by atoms with E-state index in [1.165, 1.54) is 12.0 Å². The third-order valence-electron chi connectivity index (χ3n) is 2.37. The lowest BCUT2D eigenvalue weighted by molar-refractivity contribution is 0.659. The van der Waals surface area contributed by atoms with Crippen molar-refractivity contribution in [1.82, 2.24) is 5.32 Å². The van der Waals surface area contributed by atoms with Gasteiger partial charge in [-0.2, -0.15) is 11.3 Å². The first-order valence-electron chi connectivity index (χ1n) is 4.12. The molecular formula is C9H13NS. The topological polar surface area (TPSA) is 12.0 Å². The molecule has 0 spiro atoms. The molecule has 1 aliphatic rings. The Bertz CT molecular complexity index is 217. The smallest absolute Gasteiger partial charge is 0.00452 e. The molecule has 1 aromatic heterocycles. The first kappa shape index (κ1) is 7.32. The second-order valence-corrected chi connectivity index (χ2v) is 4.08. The number of hydrogen-bond acceptors (Lipinski definition) is 2. The molecule has 1 aromatic rings. The van der Waals surface area contributed by atoms with E-state index in [0.29, 0.717) is 6.04 Å². The molecule has 0 saturated carbocycles. The number of nitrogens with one attached hydrogen (secondary N) is 1. The van der Waals surface area contributed by atoms with Gasteiger partial charge in [-0.25, -0.2) is 0 Å². The van der Waals surface area contributed by atoms with Gasteiger partial charge in [0.1, 0.15) is 0 Å². The second kappa shape index (κ2) is 2.95. The summed E-state index contributed by atoms with van der Waals surface area (Å²) in [6.45, 7) is 3.42. The molecule has 60 valence electrons. The third kappa shape index (κ3) is 1.47. The summed E-state index contributed by atoms with van der Waals surface area (Å²) in [5, 5.41) is 7.90. The van der Waals surface area contributed by atoms with Crippen molar-refractivity contribution >= 4 is 11.3 Å². The zero-order valence-corrected chi connectivity index (χ0v) is 7.53. The van der Waals surface area contributed by atoms with Crippen molar-refractivity contribution in [3.63, 3.8) is 0 Å². The lowest BCUT2D eigenvalue weighted by Crippen LogP contribution is -2.16. The highest BCUT2D eigenvalue weighted by atomic mass is 32.1. The minimum Gasteiger partial charge on any atom is -0.314 e. The minimum absolute atomic E-state index is 0.708. The van der Waals surface area contributed by atoms with E-state index >= 15 is 0 Å². The molecule has 0 amide bonds. The molecule has 0 aromatic carbocycles. The fourth-order valence-electron chi connectivity index (χ4n) is 1.70. The predicted molar refractivity (Wildman–Crippen MR) is 49.1 cm³/mol. The van der Waals surface area contributed by atoms with Crippen LogP contribution < -0.4 is 5.32 Å². The average molecular weight is 167 g/mol. The molecule has 1 nitrogen and oxygen atoms in total. The summed E-state index contributed by atoms with van der Waals surface area (Å²) < 4.78 is 0. The summed E-state index contributed by atoms with van der Waals surface area (Å²) in [7, 11) is 0. The van der Waals surface area contributed by atoms with Gasteiger partial charge >= 0.3 is 0 Å². The number of hydrogen-bond donors (Lipinski definition) is 1. The fourth-order valence-corrected chi connectivity index (χ4v) is 2.44. The summed E-state index contributed by atoms with van der Waals surface area (Å²) in [4.78, 5) is 0. The van der Waals surface area contributed by atoms with Crippen LogP contribution in [0.25, 0.3) is 0 Å². The normalized spacial score (nSPS) is 31.0. The van der Waals surface area contributed by atoms with Crippen molar-refractivity contribution in [3.8, 4) is 0 Å². The van der Waals surface area contributed by atoms with E-state index in [1.807, 2.05) is 0 Å². The Labute approximate surface area is 71.4 Å². The van der Waals surface area contributed by atoms with Crippen LogP contribution in [0, 0.1) is 0 Å². The van der Waals surface area contributed by atoms with Crippen molar-refractivity contribution in [1.29, 1.82) is 0 Å². The number of rotatable bonds is 1. The van der Waals surface area contributed by atoms with Gasteiger partial charge in [0.05, 0.1) is 0 Å². The van der Waals surface area contributed by atoms with E-state index in [4.69, 9.17) is 0 Å². The van der Waals surface area contributed by atoms with Gasteiger partial charge in [-0.15, -0.1) is 0 Å². The summed E-state index contributed by atoms with van der Waals surface area (Å²) in [6, 6.07) is 2.95. The van der Waals surface area contributed by atoms with Gasteiger partial charge in [0.15, 0.2) is 0 Å². The van der Waals surface area contributed by atoms with E-state index in [1.54, 1.807) is 11.3 Å². The molecule has 0 bridgehead atoms. The van der Waals surface area contributed by atoms with Crippen LogP contribution in [0.2, 0.25) is 0 Å². The standard InChI is InChI=1S/C9H13NS/c1-7-4-9(5-10-7)8-2-3-11-6-8/h2-3,6-7,9-10H,4-5H2,1H3/t7-,9-/m1/s1. The van der Waals surface area contributed by atoms with Gasteiger partial charge < -0.3 is 5.32 Å². The molecule has 1 aliphatic heterocycles. The maximum absolute atomic E-state index is 3.46. The molecule has 2 rings (SSSR count). The number of thiophene rings is 1. The summed E-state index contributed by atoms with van der Waals surface area (Å²) >= 11 is 1.80. The third-order valence-corrected chi connectivity index (χ3v) is 3.07. The Morgan fingerprint density at radius 3 is 3.09 bits per heavy atom. The summed E-state index contributed by atoms with van der Waals surface area (Å²) in [5.41, 5.74) is 1.52. The average Bonchev–Trinajstić information content (AvgIpc) is 2.55. The Morgan fingerprint density at radius 1 is 1.64 bits per heavy atom. The maximum Gasteiger partial charge on any atom is 0.00452 e. The lowest BCUT2D eigenvalue weighted by Gasteiger charge is -2.03. The molecule has 0 aliphatic carbocycles. The van der Waals surface area contributed by atoms with Crippen molar-refractivity contribution in [3.05, 3.63) is 22.4 Å². The molecule has 11 heavy (non-hydrogen) atoms. The summed E-state index contributed by atoms with van der Waals surface area (Å²) in [5.74, 6) is 0.774. The van der Waals surface area contributed by atoms with Crippen molar-refractivity contribution < 1.29 is 0 Å². The van der Waals surface area contributed by atoms with Gasteiger partial charge in [0.2, 0.25) is 0 Å². The Hall–Kier alpha value is -0.340. The lowest BCUT2D eigenvalue weighted by atomic mass is 10.00. The largest absolute Gasteiger partial charge is 0.314 e. The zero-order chi connectivity index (χ0) is 7.68. The van der Waals surface area contributed by atoms with Crippen LogP contribution in [-0.2, 0) is 0 Å². The molecule has 2 heterocycles. The van der Waals surface area contributed by atoms with Gasteiger partial charge in [-0.05, 0) is 41.7 Å². The van der Waals surface area contributed by atoms with Crippen molar-refractivity contribution in [2.24, 2.45) is 0 Å². The van der Waals surface area contributed by atoms with Crippen molar-refractivity contribution in [2.45, 2.75) is 25.3 Å². The first-order valence-corrected chi connectivity index (χ1v) is 5.06. The molecule has 1 saturated heterocycles. The highest BCUT2D eigenvalue weighted by Gasteiger charge is 2.21. The van der Waals surface area contributed by atoms with Gasteiger partial charge in [0.25, 0.3) is 0 Å². The molecule has 0 unspecified atom stereocenters. The van der Waals surface area contributed by atoms with Crippen molar-refractivity contribution in [2.75, 3.05) is 6.54 Å². The highest BCUT2D eigenvalue weighted by Crippen LogP contribution is 2.26. The molecule has 2 atom stereocenters. The van der Waals surface area contributed by atoms with Gasteiger partial charge in [-0.1, -0.05) is 0 Å². The van der Waals surface area contributed by atoms with E-state index in [9.17, 15) is 0 Å². The second-order valence-electron chi connectivity index (χ2n) is 3.30. The van der Waals surface area contributed by atoms with E-state index in [-0.39, 0.29) is 0 Å². The van der Waals surface area contributed by atoms with E-state index < -0.39 is 0 Å². The monoisotopic (exact) mass is 167 g/mol. The minimum atomic E-state index is 0.708. The van der Waals surface area contributed by atoms with Crippen LogP contribution in [0.1, 0.15) is 24.8 Å². The van der Waals surface area contributed by atoms with Crippen LogP contribution >= 0.6 is 11.3 Å². The van der Waals surface area contributed by atoms with Crippen LogP contribution in [0.15, 0.2) is 16.8 Å². The maximum atomic E-state index is 3.46. The Morgan fingerprint density at radius 2 is 2.55 bits per heavy atom. The van der Waals surface area contributed by atoms with E-state index in [0.717, 1.165) is 12.5 Å². The summed E-state index contributed by atoms with van der Waals surface area (Å²) in [6.07, 6.45) is 1.30. The molecule has 1 N–H and O–H groups in total. The first-order chi connectivity index (χ1) is 5.36. The van der Waals surface area contributed by atoms with Crippen LogP contribution in [0.3, 0.4) is 0 Å². The van der Waals surface area contributed by atoms with Gasteiger partial charge in [-0.3, -0.25) is 0 Å². The fraction of sp³-hybridized carbons (Fsp3) is 0.556. The SMILES string of the molecule is C[C@@H]1C[C@@H](c2ccsc2)CN1. The van der Waals surface area contributed by atoms with Gasteiger partial charge in [0, 0.05) is 12.6 Å². The molecule has 1 fully saturated rings. The van der Waals surface area contributed by atoms with E-state index in [2.05, 4.69) is 29.1 Å². The predicted octanol–water partition coefficient (Wildman–Crippen LogP) is 2.21. The van der Waals surface area contributed by atoms with Crippen LogP contribution in [0.4, 0.5) is 0 Å². The highest BCUT2D eigenvalue weighted by molar-refractivity contribution is 7.07. The molecule has 2 heteroatoms. The van der Waals surface area contributed by atoms with Crippen LogP contribution in [0.5, 0.6) is 0 Å². The van der Waals surface area contributed by atoms with Crippen LogP contribution in [-0.4, -0.2) is 12.6 Å². The Kier molecular flexibility index (Phi) is 1.96. The Balaban J connectivity index is 2.08. The molecule has 0 radical (unpaired) electrons. The zero-order valence-electron chi connectivity index (χ0n) is 6.71. The quantitative estimate of drug-likeness (QED) is 0.676. The molecular weight excluding hydrogens is 154 g/mol.